The Morgan fingerprint density at radius 2 is 1.84 bits per heavy atom. The lowest BCUT2D eigenvalue weighted by Gasteiger charge is -2.29. The molecule has 0 atom stereocenters. The number of amides is 1. The van der Waals surface area contributed by atoms with Crippen molar-refractivity contribution in [1.29, 1.82) is 0 Å². The van der Waals surface area contributed by atoms with E-state index in [4.69, 9.17) is 9.47 Å². The number of carbonyl (C=O) groups excluding carboxylic acids is 1. The van der Waals surface area contributed by atoms with E-state index < -0.39 is 0 Å². The summed E-state index contributed by atoms with van der Waals surface area (Å²) in [5, 5.41) is 7.32. The van der Waals surface area contributed by atoms with Gasteiger partial charge in [0.1, 0.15) is 0 Å². The normalized spacial score (nSPS) is 13.5. The maximum absolute atomic E-state index is 12.5. The summed E-state index contributed by atoms with van der Waals surface area (Å²) in [6.07, 6.45) is 4.37. The second kappa shape index (κ2) is 9.66. The zero-order chi connectivity index (χ0) is 21.6. The van der Waals surface area contributed by atoms with Crippen molar-refractivity contribution in [3.05, 3.63) is 77.1 Å². The number of methoxy groups -OCH3 is 2. The number of carbonyl (C=O) groups is 1. The fourth-order valence-corrected chi connectivity index (χ4v) is 3.90. The molecule has 31 heavy (non-hydrogen) atoms. The Hall–Kier alpha value is -3.32. The number of aromatic nitrogens is 2. The number of nitrogens with zero attached hydrogens (tertiary/aromatic N) is 3. The van der Waals surface area contributed by atoms with Crippen LogP contribution in [0.25, 0.3) is 0 Å². The van der Waals surface area contributed by atoms with E-state index in [0.717, 1.165) is 43.1 Å². The number of fused-ring (bicyclic) bond motifs is 1. The number of rotatable bonds is 8. The van der Waals surface area contributed by atoms with Crippen molar-refractivity contribution in [3.63, 3.8) is 0 Å². The second-order valence-corrected chi connectivity index (χ2v) is 7.67. The highest BCUT2D eigenvalue weighted by molar-refractivity contribution is 5.93. The number of hydrogen-bond donors (Lipinski definition) is 1. The zero-order valence-electron chi connectivity index (χ0n) is 18.0. The minimum absolute atomic E-state index is 0.0943. The van der Waals surface area contributed by atoms with E-state index in [-0.39, 0.29) is 5.91 Å². The minimum atomic E-state index is -0.0943. The first-order valence-electron chi connectivity index (χ1n) is 10.5. The van der Waals surface area contributed by atoms with Crippen molar-refractivity contribution in [3.8, 4) is 11.5 Å². The van der Waals surface area contributed by atoms with E-state index in [1.807, 2.05) is 30.3 Å². The molecule has 0 saturated heterocycles. The molecule has 2 heterocycles. The fraction of sp³-hybridized carbons (Fsp3) is 0.333. The van der Waals surface area contributed by atoms with Crippen LogP contribution in [0.4, 0.5) is 0 Å². The SMILES string of the molecule is COc1cc2c(cc1OC)CN(CCNC(=O)c1cnn(Cc3ccccc3)c1)CC2. The van der Waals surface area contributed by atoms with Gasteiger partial charge in [-0.05, 0) is 35.2 Å². The third kappa shape index (κ3) is 5.06. The molecule has 162 valence electrons. The molecule has 0 unspecified atom stereocenters. The van der Waals surface area contributed by atoms with Gasteiger partial charge < -0.3 is 14.8 Å². The molecule has 0 spiro atoms. The molecule has 1 aliphatic rings. The lowest BCUT2D eigenvalue weighted by molar-refractivity contribution is 0.0947. The van der Waals surface area contributed by atoms with Crippen LogP contribution in [0.5, 0.6) is 11.5 Å². The topological polar surface area (TPSA) is 68.6 Å². The molecule has 3 aromatic rings. The van der Waals surface area contributed by atoms with Crippen LogP contribution >= 0.6 is 0 Å². The molecule has 0 saturated carbocycles. The number of hydrogen-bond acceptors (Lipinski definition) is 5. The van der Waals surface area contributed by atoms with E-state index in [1.54, 1.807) is 31.3 Å². The van der Waals surface area contributed by atoms with Gasteiger partial charge in [-0.1, -0.05) is 30.3 Å². The summed E-state index contributed by atoms with van der Waals surface area (Å²) >= 11 is 0. The Bertz CT molecular complexity index is 1030. The highest BCUT2D eigenvalue weighted by Crippen LogP contribution is 2.33. The maximum Gasteiger partial charge on any atom is 0.254 e. The predicted molar refractivity (Wildman–Crippen MR) is 119 cm³/mol. The van der Waals surface area contributed by atoms with Crippen LogP contribution in [-0.2, 0) is 19.5 Å². The van der Waals surface area contributed by atoms with Gasteiger partial charge in [0.05, 0.1) is 32.5 Å². The summed E-state index contributed by atoms with van der Waals surface area (Å²) in [6, 6.07) is 14.2. The van der Waals surface area contributed by atoms with Crippen LogP contribution in [0, 0.1) is 0 Å². The van der Waals surface area contributed by atoms with E-state index in [9.17, 15) is 4.79 Å². The number of benzene rings is 2. The van der Waals surface area contributed by atoms with Gasteiger partial charge in [0.15, 0.2) is 11.5 Å². The van der Waals surface area contributed by atoms with Gasteiger partial charge in [0.25, 0.3) is 5.91 Å². The van der Waals surface area contributed by atoms with E-state index >= 15 is 0 Å². The zero-order valence-corrected chi connectivity index (χ0v) is 18.0. The predicted octanol–water partition coefficient (Wildman–Crippen LogP) is 2.74. The van der Waals surface area contributed by atoms with E-state index in [2.05, 4.69) is 27.4 Å². The van der Waals surface area contributed by atoms with Crippen LogP contribution in [0.2, 0.25) is 0 Å². The van der Waals surface area contributed by atoms with Gasteiger partial charge in [0, 0.05) is 32.4 Å². The van der Waals surface area contributed by atoms with Gasteiger partial charge in [-0.15, -0.1) is 0 Å². The molecule has 0 aliphatic carbocycles. The first-order chi connectivity index (χ1) is 15.2. The molecule has 7 heteroatoms. The third-order valence-corrected chi connectivity index (χ3v) is 5.59. The van der Waals surface area contributed by atoms with Crippen molar-refractivity contribution in [2.24, 2.45) is 0 Å². The van der Waals surface area contributed by atoms with Crippen molar-refractivity contribution in [2.75, 3.05) is 33.9 Å². The molecular weight excluding hydrogens is 392 g/mol. The van der Waals surface area contributed by atoms with Crippen molar-refractivity contribution in [1.82, 2.24) is 20.0 Å². The van der Waals surface area contributed by atoms with Gasteiger partial charge in [-0.3, -0.25) is 14.4 Å². The monoisotopic (exact) mass is 420 g/mol. The smallest absolute Gasteiger partial charge is 0.254 e. The van der Waals surface area contributed by atoms with Gasteiger partial charge in [-0.2, -0.15) is 5.10 Å². The lowest BCUT2D eigenvalue weighted by atomic mass is 9.99. The quantitative estimate of drug-likeness (QED) is 0.607. The Kier molecular flexibility index (Phi) is 6.52. The first kappa shape index (κ1) is 20.9. The highest BCUT2D eigenvalue weighted by atomic mass is 16.5. The molecule has 0 fully saturated rings. The third-order valence-electron chi connectivity index (χ3n) is 5.59. The van der Waals surface area contributed by atoms with Crippen molar-refractivity contribution < 1.29 is 14.3 Å². The summed E-state index contributed by atoms with van der Waals surface area (Å²) in [7, 11) is 3.32. The molecule has 1 aliphatic heterocycles. The van der Waals surface area contributed by atoms with Crippen LogP contribution in [0.1, 0.15) is 27.0 Å². The van der Waals surface area contributed by atoms with Crippen LogP contribution in [0.3, 0.4) is 0 Å². The number of nitrogens with one attached hydrogen (secondary N) is 1. The summed E-state index contributed by atoms with van der Waals surface area (Å²) in [5.74, 6) is 1.43. The minimum Gasteiger partial charge on any atom is -0.493 e. The Morgan fingerprint density at radius 3 is 2.58 bits per heavy atom. The average Bonchev–Trinajstić information content (AvgIpc) is 3.27. The van der Waals surface area contributed by atoms with E-state index in [0.29, 0.717) is 18.7 Å². The summed E-state index contributed by atoms with van der Waals surface area (Å²) in [6.45, 7) is 3.81. The molecule has 1 amide bonds. The van der Waals surface area contributed by atoms with Crippen molar-refractivity contribution >= 4 is 5.91 Å². The Balaban J connectivity index is 1.28. The molecule has 1 aromatic heterocycles. The van der Waals surface area contributed by atoms with Crippen LogP contribution in [-0.4, -0.2) is 54.4 Å². The molecule has 2 aromatic carbocycles. The average molecular weight is 421 g/mol. The standard InChI is InChI=1S/C24H28N4O3/c1-30-22-12-19-8-10-27(16-20(19)13-23(22)31-2)11-9-25-24(29)21-14-26-28(17-21)15-18-6-4-3-5-7-18/h3-7,12-14,17H,8-11,15-16H2,1-2H3,(H,25,29). The van der Waals surface area contributed by atoms with Crippen LogP contribution in [0.15, 0.2) is 54.9 Å². The lowest BCUT2D eigenvalue weighted by Crippen LogP contribution is -2.37. The Morgan fingerprint density at radius 1 is 1.10 bits per heavy atom. The van der Waals surface area contributed by atoms with Gasteiger partial charge in [-0.25, -0.2) is 0 Å². The Labute approximate surface area is 182 Å². The summed E-state index contributed by atoms with van der Waals surface area (Å²) in [5.41, 5.74) is 4.27. The van der Waals surface area contributed by atoms with Gasteiger partial charge >= 0.3 is 0 Å². The fourth-order valence-electron chi connectivity index (χ4n) is 3.90. The van der Waals surface area contributed by atoms with Crippen LogP contribution < -0.4 is 14.8 Å². The number of ether oxygens (including phenoxy) is 2. The molecule has 4 rings (SSSR count). The highest BCUT2D eigenvalue weighted by Gasteiger charge is 2.19. The maximum atomic E-state index is 12.5. The second-order valence-electron chi connectivity index (χ2n) is 7.67. The molecule has 7 nitrogen and oxygen atoms in total. The molecular formula is C24H28N4O3. The van der Waals surface area contributed by atoms with Crippen molar-refractivity contribution in [2.45, 2.75) is 19.5 Å². The summed E-state index contributed by atoms with van der Waals surface area (Å²) < 4.78 is 12.6. The molecule has 1 N–H and O–H groups in total. The first-order valence-corrected chi connectivity index (χ1v) is 10.5. The largest absolute Gasteiger partial charge is 0.493 e. The summed E-state index contributed by atoms with van der Waals surface area (Å²) in [4.78, 5) is 14.8. The van der Waals surface area contributed by atoms with E-state index in [1.165, 1.54) is 11.1 Å². The van der Waals surface area contributed by atoms with Gasteiger partial charge in [0.2, 0.25) is 0 Å². The molecule has 0 radical (unpaired) electrons. The molecule has 0 bridgehead atoms.